The molecule has 4 rings (SSSR count). The monoisotopic (exact) mass is 384 g/mol. The molecule has 1 heterocycles. The summed E-state index contributed by atoms with van der Waals surface area (Å²) < 4.78 is 2.80. The van der Waals surface area contributed by atoms with Gasteiger partial charge in [-0.1, -0.05) is 61.5 Å². The molecule has 0 bridgehead atoms. The van der Waals surface area contributed by atoms with Crippen LogP contribution in [0.3, 0.4) is 0 Å². The number of hydrogen-bond donors (Lipinski definition) is 0. The van der Waals surface area contributed by atoms with Crippen LogP contribution in [0.2, 0.25) is 0 Å². The van der Waals surface area contributed by atoms with Crippen molar-refractivity contribution in [3.63, 3.8) is 0 Å². The molecule has 0 saturated heterocycles. The molecule has 144 valence electrons. The van der Waals surface area contributed by atoms with Gasteiger partial charge in [-0.25, -0.2) is 9.36 Å². The van der Waals surface area contributed by atoms with Crippen molar-refractivity contribution >= 4 is 16.7 Å². The van der Waals surface area contributed by atoms with E-state index in [9.17, 15) is 14.4 Å². The van der Waals surface area contributed by atoms with Gasteiger partial charge >= 0.3 is 5.69 Å². The second-order valence-electron chi connectivity index (χ2n) is 6.84. The van der Waals surface area contributed by atoms with Crippen LogP contribution in [0.4, 0.5) is 0 Å². The molecule has 0 spiro atoms. The fourth-order valence-electron chi connectivity index (χ4n) is 3.46. The molecule has 4 aromatic rings. The van der Waals surface area contributed by atoms with Crippen molar-refractivity contribution in [1.29, 1.82) is 0 Å². The third-order valence-corrected chi connectivity index (χ3v) is 5.00. The average Bonchev–Trinajstić information content (AvgIpc) is 2.77. The van der Waals surface area contributed by atoms with E-state index in [1.165, 1.54) is 4.57 Å². The van der Waals surface area contributed by atoms with Gasteiger partial charge < -0.3 is 0 Å². The predicted molar refractivity (Wildman–Crippen MR) is 114 cm³/mol. The summed E-state index contributed by atoms with van der Waals surface area (Å²) in [7, 11) is 0. The highest BCUT2D eigenvalue weighted by Gasteiger charge is 2.14. The Labute approximate surface area is 167 Å². The number of Topliss-reactive ketones (excluding diaryl/α,β-unsaturated/α-hetero) is 1. The van der Waals surface area contributed by atoms with Gasteiger partial charge in [0.1, 0.15) is 0 Å². The van der Waals surface area contributed by atoms with Crippen LogP contribution in [0.5, 0.6) is 0 Å². The number of carbonyl (C=O) groups excluding carboxylic acids is 1. The van der Waals surface area contributed by atoms with E-state index >= 15 is 0 Å². The molecule has 29 heavy (non-hydrogen) atoms. The molecule has 0 amide bonds. The number of nitrogens with zero attached hydrogens (tertiary/aromatic N) is 2. The second-order valence-corrected chi connectivity index (χ2v) is 6.84. The highest BCUT2D eigenvalue weighted by Crippen LogP contribution is 2.13. The van der Waals surface area contributed by atoms with Crippen molar-refractivity contribution in [2.24, 2.45) is 0 Å². The molecule has 0 fully saturated rings. The third-order valence-electron chi connectivity index (χ3n) is 5.00. The Morgan fingerprint density at radius 1 is 0.828 bits per heavy atom. The first-order valence-electron chi connectivity index (χ1n) is 9.52. The molecule has 0 unspecified atom stereocenters. The second kappa shape index (κ2) is 7.72. The van der Waals surface area contributed by atoms with E-state index in [0.717, 1.165) is 5.56 Å². The van der Waals surface area contributed by atoms with Crippen LogP contribution in [0.1, 0.15) is 29.3 Å². The standard InChI is InChI=1S/C24H20N2O3/c1-2-22(27)18-14-12-17(13-15-18)16-25-21-11-7-6-10-20(21)23(28)26(24(25)29)19-8-4-3-5-9-19/h3-15H,2,16H2,1H3. The molecule has 0 N–H and O–H groups in total. The van der Waals surface area contributed by atoms with Gasteiger partial charge in [0, 0.05) is 12.0 Å². The minimum absolute atomic E-state index is 0.0804. The summed E-state index contributed by atoms with van der Waals surface area (Å²) in [6.45, 7) is 2.13. The zero-order valence-electron chi connectivity index (χ0n) is 16.0. The minimum Gasteiger partial charge on any atom is -0.294 e. The van der Waals surface area contributed by atoms with Gasteiger partial charge in [0.05, 0.1) is 23.1 Å². The molecule has 0 atom stereocenters. The highest BCUT2D eigenvalue weighted by atomic mass is 16.2. The van der Waals surface area contributed by atoms with Crippen LogP contribution in [-0.2, 0) is 6.54 Å². The molecular formula is C24H20N2O3. The summed E-state index contributed by atoms with van der Waals surface area (Å²) in [5.74, 6) is 0.0804. The highest BCUT2D eigenvalue weighted by molar-refractivity contribution is 5.95. The number of hydrogen-bond acceptors (Lipinski definition) is 3. The molecule has 0 radical (unpaired) electrons. The van der Waals surface area contributed by atoms with E-state index in [-0.39, 0.29) is 11.3 Å². The van der Waals surface area contributed by atoms with Crippen LogP contribution in [0, 0.1) is 0 Å². The lowest BCUT2D eigenvalue weighted by molar-refractivity contribution is 0.0988. The Bertz CT molecular complexity index is 1300. The van der Waals surface area contributed by atoms with E-state index in [0.29, 0.717) is 35.1 Å². The predicted octanol–water partition coefficient (Wildman–Crippen LogP) is 3.79. The SMILES string of the molecule is CCC(=O)c1ccc(Cn2c(=O)n(-c3ccccc3)c(=O)c3ccccc32)cc1. The van der Waals surface area contributed by atoms with Crippen molar-refractivity contribution in [3.05, 3.63) is 111 Å². The fraction of sp³-hybridized carbons (Fsp3) is 0.125. The van der Waals surface area contributed by atoms with Gasteiger partial charge in [-0.3, -0.25) is 14.2 Å². The Hall–Kier alpha value is -3.73. The van der Waals surface area contributed by atoms with Gasteiger partial charge in [-0.05, 0) is 29.8 Å². The zero-order chi connectivity index (χ0) is 20.4. The van der Waals surface area contributed by atoms with Crippen molar-refractivity contribution in [3.8, 4) is 5.69 Å². The number of ketones is 1. The lowest BCUT2D eigenvalue weighted by atomic mass is 10.1. The van der Waals surface area contributed by atoms with Crippen LogP contribution < -0.4 is 11.2 Å². The molecule has 3 aromatic carbocycles. The van der Waals surface area contributed by atoms with Crippen LogP contribution in [0.25, 0.3) is 16.6 Å². The summed E-state index contributed by atoms with van der Waals surface area (Å²) >= 11 is 0. The largest absolute Gasteiger partial charge is 0.336 e. The number of rotatable bonds is 5. The lowest BCUT2D eigenvalue weighted by Crippen LogP contribution is -2.39. The molecule has 0 aliphatic rings. The fourth-order valence-corrected chi connectivity index (χ4v) is 3.46. The Morgan fingerprint density at radius 2 is 1.48 bits per heavy atom. The number of benzene rings is 3. The average molecular weight is 384 g/mol. The molecule has 0 aliphatic carbocycles. The molecule has 0 aliphatic heterocycles. The summed E-state index contributed by atoms with van der Waals surface area (Å²) in [4.78, 5) is 38.2. The van der Waals surface area contributed by atoms with Crippen molar-refractivity contribution in [1.82, 2.24) is 9.13 Å². The summed E-state index contributed by atoms with van der Waals surface area (Å²) in [6.07, 6.45) is 0.450. The van der Waals surface area contributed by atoms with Crippen LogP contribution in [-0.4, -0.2) is 14.9 Å². The van der Waals surface area contributed by atoms with E-state index in [2.05, 4.69) is 0 Å². The maximum Gasteiger partial charge on any atom is 0.336 e. The number of carbonyl (C=O) groups is 1. The van der Waals surface area contributed by atoms with Crippen LogP contribution >= 0.6 is 0 Å². The Morgan fingerprint density at radius 3 is 2.17 bits per heavy atom. The number of aromatic nitrogens is 2. The maximum atomic E-state index is 13.3. The molecule has 1 aromatic heterocycles. The quantitative estimate of drug-likeness (QED) is 0.492. The van der Waals surface area contributed by atoms with Gasteiger partial charge in [-0.2, -0.15) is 0 Å². The van der Waals surface area contributed by atoms with E-state index in [1.807, 2.05) is 31.2 Å². The topological polar surface area (TPSA) is 61.1 Å². The molecule has 5 heteroatoms. The lowest BCUT2D eigenvalue weighted by Gasteiger charge is -2.14. The first-order chi connectivity index (χ1) is 14.1. The Balaban J connectivity index is 1.89. The van der Waals surface area contributed by atoms with Crippen molar-refractivity contribution < 1.29 is 4.79 Å². The van der Waals surface area contributed by atoms with Gasteiger partial charge in [0.2, 0.25) is 0 Å². The van der Waals surface area contributed by atoms with E-state index < -0.39 is 5.69 Å². The van der Waals surface area contributed by atoms with Crippen molar-refractivity contribution in [2.75, 3.05) is 0 Å². The number of para-hydroxylation sites is 2. The van der Waals surface area contributed by atoms with Gasteiger partial charge in [0.25, 0.3) is 5.56 Å². The normalized spacial score (nSPS) is 10.9. The smallest absolute Gasteiger partial charge is 0.294 e. The maximum absolute atomic E-state index is 13.3. The Kier molecular flexibility index (Phi) is 4.96. The first kappa shape index (κ1) is 18.6. The molecule has 0 saturated carbocycles. The first-order valence-corrected chi connectivity index (χ1v) is 9.52. The van der Waals surface area contributed by atoms with Gasteiger partial charge in [0.15, 0.2) is 5.78 Å². The third kappa shape index (κ3) is 3.43. The summed E-state index contributed by atoms with van der Waals surface area (Å²) in [6, 6.07) is 23.3. The van der Waals surface area contributed by atoms with Crippen LogP contribution in [0.15, 0.2) is 88.5 Å². The zero-order valence-corrected chi connectivity index (χ0v) is 16.0. The van der Waals surface area contributed by atoms with E-state index in [4.69, 9.17) is 0 Å². The van der Waals surface area contributed by atoms with Gasteiger partial charge in [-0.15, -0.1) is 0 Å². The summed E-state index contributed by atoms with van der Waals surface area (Å²) in [5, 5.41) is 0.480. The van der Waals surface area contributed by atoms with Crippen molar-refractivity contribution in [2.45, 2.75) is 19.9 Å². The summed E-state index contributed by atoms with van der Waals surface area (Å²) in [5.41, 5.74) is 1.92. The minimum atomic E-state index is -0.395. The number of fused-ring (bicyclic) bond motifs is 1. The van der Waals surface area contributed by atoms with E-state index in [1.54, 1.807) is 59.2 Å². The molecule has 5 nitrogen and oxygen atoms in total. The molecular weight excluding hydrogens is 364 g/mol.